The first-order chi connectivity index (χ1) is 17.6. The van der Waals surface area contributed by atoms with E-state index in [4.69, 9.17) is 28.4 Å². The lowest BCUT2D eigenvalue weighted by molar-refractivity contribution is -0.136. The van der Waals surface area contributed by atoms with Gasteiger partial charge in [-0.2, -0.15) is 0 Å². The van der Waals surface area contributed by atoms with Gasteiger partial charge in [0.2, 0.25) is 12.5 Å². The van der Waals surface area contributed by atoms with Crippen LogP contribution in [-0.2, 0) is 16.0 Å². The molecule has 36 heavy (non-hydrogen) atoms. The van der Waals surface area contributed by atoms with E-state index in [0.717, 1.165) is 22.3 Å². The molecule has 2 aliphatic heterocycles. The number of methoxy groups -OCH3 is 2. The van der Waals surface area contributed by atoms with Gasteiger partial charge in [-0.05, 0) is 65.1 Å². The first-order valence-corrected chi connectivity index (χ1v) is 11.3. The number of nitrogens with zero attached hydrogens (tertiary/aromatic N) is 1. The van der Waals surface area contributed by atoms with Crippen molar-refractivity contribution in [3.05, 3.63) is 82.2 Å². The van der Waals surface area contributed by atoms with Gasteiger partial charge < -0.3 is 28.4 Å². The highest BCUT2D eigenvalue weighted by Crippen LogP contribution is 2.50. The Morgan fingerprint density at radius 3 is 2.47 bits per heavy atom. The van der Waals surface area contributed by atoms with Gasteiger partial charge in [-0.3, -0.25) is 4.98 Å². The van der Waals surface area contributed by atoms with Crippen molar-refractivity contribution in [1.82, 2.24) is 4.98 Å². The van der Waals surface area contributed by atoms with E-state index in [0.29, 0.717) is 23.5 Å². The van der Waals surface area contributed by atoms with Gasteiger partial charge in [-0.15, -0.1) is 0 Å². The van der Waals surface area contributed by atoms with Gasteiger partial charge >= 0.3 is 11.9 Å². The van der Waals surface area contributed by atoms with Gasteiger partial charge in [-0.25, -0.2) is 9.59 Å². The third-order valence-corrected chi connectivity index (χ3v) is 6.52. The number of benzene rings is 2. The number of pyridine rings is 1. The number of hydrogen-bond acceptors (Lipinski definition) is 9. The van der Waals surface area contributed by atoms with Crippen LogP contribution < -0.4 is 23.7 Å². The molecule has 0 bridgehead atoms. The highest BCUT2D eigenvalue weighted by atomic mass is 16.7. The highest BCUT2D eigenvalue weighted by molar-refractivity contribution is 5.96. The number of cyclic esters (lactones) is 1. The SMILES string of the molecule is COc1cc(C2C3=C(COC3=O)Cc3cc4c(cc32)OCO4)cc(OC)c1OC(=O)c1cccnc1. The molecule has 0 fully saturated rings. The van der Waals surface area contributed by atoms with Crippen LogP contribution in [0.25, 0.3) is 0 Å². The summed E-state index contributed by atoms with van der Waals surface area (Å²) in [6, 6.07) is 10.6. The molecule has 0 radical (unpaired) electrons. The summed E-state index contributed by atoms with van der Waals surface area (Å²) in [5.41, 5.74) is 4.43. The smallest absolute Gasteiger partial charge is 0.345 e. The van der Waals surface area contributed by atoms with Crippen molar-refractivity contribution in [2.75, 3.05) is 27.6 Å². The third kappa shape index (κ3) is 3.51. The predicted molar refractivity (Wildman–Crippen MR) is 125 cm³/mol. The van der Waals surface area contributed by atoms with Gasteiger partial charge in [0.15, 0.2) is 23.0 Å². The minimum atomic E-state index is -0.604. The Morgan fingerprint density at radius 2 is 1.78 bits per heavy atom. The second-order valence-corrected chi connectivity index (χ2v) is 8.49. The van der Waals surface area contributed by atoms with Gasteiger partial charge in [-0.1, -0.05) is 0 Å². The van der Waals surface area contributed by atoms with Crippen LogP contribution in [0.2, 0.25) is 0 Å². The number of esters is 2. The van der Waals surface area contributed by atoms with Crippen molar-refractivity contribution in [2.45, 2.75) is 12.3 Å². The zero-order chi connectivity index (χ0) is 24.8. The first kappa shape index (κ1) is 22.0. The van der Waals surface area contributed by atoms with E-state index in [1.165, 1.54) is 20.4 Å². The molecule has 1 aliphatic carbocycles. The molecule has 2 aromatic carbocycles. The lowest BCUT2D eigenvalue weighted by Gasteiger charge is -2.27. The molecular weight excluding hydrogens is 466 g/mol. The van der Waals surface area contributed by atoms with Crippen LogP contribution in [0.5, 0.6) is 28.7 Å². The van der Waals surface area contributed by atoms with E-state index in [1.807, 2.05) is 12.1 Å². The fraction of sp³-hybridized carbons (Fsp3) is 0.222. The first-order valence-electron chi connectivity index (χ1n) is 11.3. The normalized spacial score (nSPS) is 17.3. The van der Waals surface area contributed by atoms with Crippen molar-refractivity contribution in [1.29, 1.82) is 0 Å². The number of rotatable bonds is 5. The van der Waals surface area contributed by atoms with E-state index >= 15 is 0 Å². The molecular formula is C27H21NO8. The van der Waals surface area contributed by atoms with Crippen LogP contribution in [-0.4, -0.2) is 44.5 Å². The average Bonchev–Trinajstić information content (AvgIpc) is 3.52. The Balaban J connectivity index is 1.47. The average molecular weight is 487 g/mol. The van der Waals surface area contributed by atoms with Crippen LogP contribution in [0.4, 0.5) is 0 Å². The fourth-order valence-corrected chi connectivity index (χ4v) is 4.88. The molecule has 1 unspecified atom stereocenters. The van der Waals surface area contributed by atoms with Crippen molar-refractivity contribution in [3.8, 4) is 28.7 Å². The zero-order valence-corrected chi connectivity index (χ0v) is 19.5. The van der Waals surface area contributed by atoms with E-state index in [1.54, 1.807) is 30.5 Å². The summed E-state index contributed by atoms with van der Waals surface area (Å²) >= 11 is 0. The number of carbonyl (C=O) groups excluding carboxylic acids is 2. The molecule has 6 rings (SSSR count). The lowest BCUT2D eigenvalue weighted by atomic mass is 9.75. The zero-order valence-electron chi connectivity index (χ0n) is 19.5. The topological polar surface area (TPSA) is 102 Å². The quantitative estimate of drug-likeness (QED) is 0.395. The molecule has 182 valence electrons. The van der Waals surface area contributed by atoms with Gasteiger partial charge in [0.25, 0.3) is 0 Å². The Bertz CT molecular complexity index is 1400. The molecule has 0 N–H and O–H groups in total. The Labute approximate surface area is 206 Å². The van der Waals surface area contributed by atoms with Crippen LogP contribution in [0.15, 0.2) is 59.9 Å². The number of carbonyl (C=O) groups is 2. The maximum Gasteiger partial charge on any atom is 0.345 e. The number of ether oxygens (including phenoxy) is 6. The molecule has 3 aliphatic rings. The Hall–Kier alpha value is -4.53. The highest BCUT2D eigenvalue weighted by Gasteiger charge is 2.40. The largest absolute Gasteiger partial charge is 0.493 e. The number of hydrogen-bond donors (Lipinski definition) is 0. The van der Waals surface area contributed by atoms with Gasteiger partial charge in [0, 0.05) is 18.3 Å². The van der Waals surface area contributed by atoms with E-state index in [9.17, 15) is 9.59 Å². The third-order valence-electron chi connectivity index (χ3n) is 6.52. The summed E-state index contributed by atoms with van der Waals surface area (Å²) in [6.45, 7) is 0.393. The van der Waals surface area contributed by atoms with Crippen LogP contribution in [0.3, 0.4) is 0 Å². The van der Waals surface area contributed by atoms with E-state index in [-0.39, 0.29) is 42.2 Å². The van der Waals surface area contributed by atoms with Crippen molar-refractivity contribution < 1.29 is 38.0 Å². The fourth-order valence-electron chi connectivity index (χ4n) is 4.88. The second-order valence-electron chi connectivity index (χ2n) is 8.49. The van der Waals surface area contributed by atoms with Crippen molar-refractivity contribution in [2.24, 2.45) is 0 Å². The summed E-state index contributed by atoms with van der Waals surface area (Å²) in [5.74, 6) is 0.563. The molecule has 9 heteroatoms. The minimum Gasteiger partial charge on any atom is -0.493 e. The molecule has 0 amide bonds. The molecule has 9 nitrogen and oxygen atoms in total. The van der Waals surface area contributed by atoms with Crippen molar-refractivity contribution >= 4 is 11.9 Å². The summed E-state index contributed by atoms with van der Waals surface area (Å²) < 4.78 is 33.5. The maximum absolute atomic E-state index is 12.8. The lowest BCUT2D eigenvalue weighted by Crippen LogP contribution is -2.18. The molecule has 1 aromatic heterocycles. The van der Waals surface area contributed by atoms with Crippen LogP contribution in [0.1, 0.15) is 33.0 Å². The standard InChI is InChI=1S/C27H21NO8/c1-31-21-8-16(9-22(32-2)25(21)36-26(29)14-4-3-5-28-11-14)23-18-10-20-19(34-13-35-20)7-15(18)6-17-12-33-27(30)24(17)23/h3-5,7-11,23H,6,12-13H2,1-2H3. The van der Waals surface area contributed by atoms with E-state index in [2.05, 4.69) is 4.98 Å². The molecule has 0 saturated carbocycles. The summed E-state index contributed by atoms with van der Waals surface area (Å²) in [4.78, 5) is 29.5. The Kier molecular flexibility index (Phi) is 5.25. The maximum atomic E-state index is 12.8. The summed E-state index contributed by atoms with van der Waals surface area (Å²) in [6.07, 6.45) is 3.56. The molecule has 0 saturated heterocycles. The van der Waals surface area contributed by atoms with E-state index < -0.39 is 11.9 Å². The number of aromatic nitrogens is 1. The molecule has 3 heterocycles. The summed E-state index contributed by atoms with van der Waals surface area (Å²) in [7, 11) is 2.95. The Morgan fingerprint density at radius 1 is 1.03 bits per heavy atom. The molecule has 0 spiro atoms. The van der Waals surface area contributed by atoms with Crippen molar-refractivity contribution in [3.63, 3.8) is 0 Å². The summed E-state index contributed by atoms with van der Waals surface area (Å²) in [5, 5.41) is 0. The molecule has 1 atom stereocenters. The molecule has 3 aromatic rings. The van der Waals surface area contributed by atoms with Gasteiger partial charge in [0.05, 0.1) is 25.4 Å². The van der Waals surface area contributed by atoms with Gasteiger partial charge in [0.1, 0.15) is 6.61 Å². The predicted octanol–water partition coefficient (Wildman–Crippen LogP) is 3.59. The second kappa shape index (κ2) is 8.60. The monoisotopic (exact) mass is 487 g/mol. The van der Waals surface area contributed by atoms with Crippen LogP contribution >= 0.6 is 0 Å². The van der Waals surface area contributed by atoms with Crippen LogP contribution in [0, 0.1) is 0 Å². The number of fused-ring (bicyclic) bond motifs is 2. The minimum absolute atomic E-state index is 0.127.